The van der Waals surface area contributed by atoms with Gasteiger partial charge in [-0.05, 0) is 54.6 Å². The number of hydrogen-bond acceptors (Lipinski definition) is 3. The van der Waals surface area contributed by atoms with Crippen molar-refractivity contribution in [3.05, 3.63) is 152 Å². The van der Waals surface area contributed by atoms with Crippen molar-refractivity contribution >= 4 is 76.7 Å². The minimum atomic E-state index is 0.828. The summed E-state index contributed by atoms with van der Waals surface area (Å²) in [5.74, 6) is 0.901. The third-order valence-corrected chi connectivity index (χ3v) is 9.71. The fraction of sp³-hybridized carbons (Fsp3) is 0. The van der Waals surface area contributed by atoms with Crippen molar-refractivity contribution in [2.24, 2.45) is 0 Å². The first kappa shape index (κ1) is 25.6. The summed E-state index contributed by atoms with van der Waals surface area (Å²) >= 11 is 0. The Hall–Kier alpha value is -6.59. The summed E-state index contributed by atoms with van der Waals surface area (Å²) in [7, 11) is 0. The smallest absolute Gasteiger partial charge is 0.160 e. The Morgan fingerprint density at radius 3 is 2.00 bits per heavy atom. The van der Waals surface area contributed by atoms with Gasteiger partial charge in [0.1, 0.15) is 22.6 Å². The van der Waals surface area contributed by atoms with Gasteiger partial charge < -0.3 is 13.4 Å². The molecular weight excluding hydrogens is 590 g/mol. The summed E-state index contributed by atoms with van der Waals surface area (Å²) in [5, 5.41) is 6.64. The second-order valence-electron chi connectivity index (χ2n) is 12.4. The zero-order valence-corrected chi connectivity index (χ0v) is 25.6. The fourth-order valence-electron chi connectivity index (χ4n) is 7.59. The van der Waals surface area contributed by atoms with E-state index in [1.807, 2.05) is 24.3 Å². The van der Waals surface area contributed by atoms with E-state index in [2.05, 4.69) is 137 Å². The molecule has 0 aliphatic carbocycles. The van der Waals surface area contributed by atoms with Crippen LogP contribution in [-0.4, -0.2) is 14.1 Å². The highest BCUT2D eigenvalue weighted by Gasteiger charge is 2.22. The summed E-state index contributed by atoms with van der Waals surface area (Å²) in [4.78, 5) is 5.21. The number of imidazole rings is 1. The number of hydrogen-bond donors (Lipinski definition) is 0. The third-order valence-electron chi connectivity index (χ3n) is 9.71. The van der Waals surface area contributed by atoms with E-state index in [1.54, 1.807) is 0 Å². The maximum atomic E-state index is 6.93. The highest BCUT2D eigenvalue weighted by Crippen LogP contribution is 2.42. The molecule has 5 nitrogen and oxygen atoms in total. The maximum Gasteiger partial charge on any atom is 0.160 e. The van der Waals surface area contributed by atoms with E-state index in [0.29, 0.717) is 0 Å². The molecule has 0 N–H and O–H groups in total. The Balaban J connectivity index is 1.23. The second kappa shape index (κ2) is 9.47. The quantitative estimate of drug-likeness (QED) is 0.199. The van der Waals surface area contributed by atoms with Crippen LogP contribution in [0.1, 0.15) is 0 Å². The molecule has 0 aliphatic heterocycles. The van der Waals surface area contributed by atoms with Gasteiger partial charge >= 0.3 is 0 Å². The Bertz CT molecular complexity index is 3050. The number of para-hydroxylation sites is 3. The molecule has 11 aromatic rings. The SMILES string of the molecule is c1ccc(-c2nc3cc4c(cc3n2-c2ccccc2)oc2c4ccc3c4ccccc4n(-c4ccc5oc6ccccc6c5c4)c32)cc1. The molecule has 0 radical (unpaired) electrons. The molecule has 0 spiro atoms. The summed E-state index contributed by atoms with van der Waals surface area (Å²) in [6, 6.07) is 52.8. The largest absolute Gasteiger partial charge is 0.456 e. The van der Waals surface area contributed by atoms with Crippen molar-refractivity contribution in [1.82, 2.24) is 14.1 Å². The molecule has 0 unspecified atom stereocenters. The third kappa shape index (κ3) is 3.47. The average molecular weight is 616 g/mol. The number of furan rings is 2. The summed E-state index contributed by atoms with van der Waals surface area (Å²) in [6.07, 6.45) is 0. The lowest BCUT2D eigenvalue weighted by Crippen LogP contribution is -1.97. The van der Waals surface area contributed by atoms with Crippen LogP contribution in [-0.2, 0) is 0 Å². The van der Waals surface area contributed by atoms with Crippen molar-refractivity contribution in [3.8, 4) is 22.8 Å². The van der Waals surface area contributed by atoms with Crippen LogP contribution in [0, 0.1) is 0 Å². The van der Waals surface area contributed by atoms with E-state index in [1.165, 1.54) is 5.39 Å². The van der Waals surface area contributed by atoms with Crippen LogP contribution < -0.4 is 0 Å². The molecule has 0 atom stereocenters. The number of nitrogens with zero attached hydrogens (tertiary/aromatic N) is 3. The second-order valence-corrected chi connectivity index (χ2v) is 12.4. The highest BCUT2D eigenvalue weighted by molar-refractivity contribution is 6.22. The number of benzene rings is 7. The van der Waals surface area contributed by atoms with Gasteiger partial charge in [-0.15, -0.1) is 0 Å². The molecule has 0 amide bonds. The van der Waals surface area contributed by atoms with Crippen LogP contribution in [0.2, 0.25) is 0 Å². The molecule has 5 heteroatoms. The van der Waals surface area contributed by atoms with E-state index in [4.69, 9.17) is 13.8 Å². The standard InChI is InChI=1S/C43H25N3O2/c1-3-11-26(12-4-1)43-44-35-24-34-32-21-20-31-29-15-7-9-17-36(29)45(28-19-22-39-33(23-28)30-16-8-10-18-38(30)47-39)41(31)42(32)48-40(34)25-37(35)46(43)27-13-5-2-6-14-27/h1-25H. The molecule has 0 bridgehead atoms. The monoisotopic (exact) mass is 615 g/mol. The molecule has 0 saturated carbocycles. The molecule has 0 saturated heterocycles. The Kier molecular flexibility index (Phi) is 5.05. The van der Waals surface area contributed by atoms with Crippen molar-refractivity contribution in [2.45, 2.75) is 0 Å². The number of aromatic nitrogens is 3. The molecule has 48 heavy (non-hydrogen) atoms. The van der Waals surface area contributed by atoms with E-state index in [-0.39, 0.29) is 0 Å². The molecule has 11 rings (SSSR count). The molecule has 0 fully saturated rings. The van der Waals surface area contributed by atoms with Crippen LogP contribution in [0.4, 0.5) is 0 Å². The summed E-state index contributed by atoms with van der Waals surface area (Å²) < 4.78 is 17.7. The van der Waals surface area contributed by atoms with Crippen molar-refractivity contribution < 1.29 is 8.83 Å². The first-order valence-electron chi connectivity index (χ1n) is 16.1. The zero-order valence-electron chi connectivity index (χ0n) is 25.6. The Labute approximate surface area is 273 Å². The van der Waals surface area contributed by atoms with Crippen LogP contribution in [0.5, 0.6) is 0 Å². The summed E-state index contributed by atoms with van der Waals surface area (Å²) in [6.45, 7) is 0. The predicted molar refractivity (Wildman–Crippen MR) is 195 cm³/mol. The predicted octanol–water partition coefficient (Wildman–Crippen LogP) is 11.6. The Morgan fingerprint density at radius 1 is 0.417 bits per heavy atom. The molecule has 0 aliphatic rings. The van der Waals surface area contributed by atoms with Gasteiger partial charge in [0.15, 0.2) is 5.58 Å². The molecular formula is C43H25N3O2. The number of fused-ring (bicyclic) bond motifs is 11. The van der Waals surface area contributed by atoms with Gasteiger partial charge in [0.05, 0.1) is 22.1 Å². The average Bonchev–Trinajstić information content (AvgIpc) is 3.89. The lowest BCUT2D eigenvalue weighted by atomic mass is 10.1. The number of rotatable bonds is 3. The van der Waals surface area contributed by atoms with E-state index >= 15 is 0 Å². The first-order valence-corrected chi connectivity index (χ1v) is 16.1. The zero-order chi connectivity index (χ0) is 31.3. The van der Waals surface area contributed by atoms with Gasteiger partial charge in [0.25, 0.3) is 0 Å². The molecule has 4 heterocycles. The minimum Gasteiger partial charge on any atom is -0.456 e. The van der Waals surface area contributed by atoms with Gasteiger partial charge in [0, 0.05) is 55.3 Å². The lowest BCUT2D eigenvalue weighted by molar-refractivity contribution is 0.669. The van der Waals surface area contributed by atoms with Crippen molar-refractivity contribution in [1.29, 1.82) is 0 Å². The van der Waals surface area contributed by atoms with Crippen LogP contribution in [0.3, 0.4) is 0 Å². The highest BCUT2D eigenvalue weighted by atomic mass is 16.3. The van der Waals surface area contributed by atoms with Crippen molar-refractivity contribution in [3.63, 3.8) is 0 Å². The fourth-order valence-corrected chi connectivity index (χ4v) is 7.59. The van der Waals surface area contributed by atoms with Gasteiger partial charge in [0.2, 0.25) is 0 Å². The van der Waals surface area contributed by atoms with Crippen LogP contribution in [0.25, 0.3) is 99.5 Å². The lowest BCUT2D eigenvalue weighted by Gasteiger charge is -2.09. The van der Waals surface area contributed by atoms with Gasteiger partial charge in [-0.2, -0.15) is 0 Å². The van der Waals surface area contributed by atoms with E-state index < -0.39 is 0 Å². The molecule has 224 valence electrons. The van der Waals surface area contributed by atoms with Gasteiger partial charge in [-0.1, -0.05) is 91.0 Å². The Morgan fingerprint density at radius 2 is 1.12 bits per heavy atom. The van der Waals surface area contributed by atoms with Gasteiger partial charge in [-0.3, -0.25) is 4.57 Å². The first-order chi connectivity index (χ1) is 23.8. The maximum absolute atomic E-state index is 6.93. The summed E-state index contributed by atoms with van der Waals surface area (Å²) in [5.41, 5.74) is 10.7. The molecule has 4 aromatic heterocycles. The van der Waals surface area contributed by atoms with E-state index in [9.17, 15) is 0 Å². The topological polar surface area (TPSA) is 49.0 Å². The van der Waals surface area contributed by atoms with Crippen molar-refractivity contribution in [2.75, 3.05) is 0 Å². The minimum absolute atomic E-state index is 0.828. The normalized spacial score (nSPS) is 12.2. The van der Waals surface area contributed by atoms with Gasteiger partial charge in [-0.25, -0.2) is 4.98 Å². The van der Waals surface area contributed by atoms with Crippen LogP contribution in [0.15, 0.2) is 160 Å². The van der Waals surface area contributed by atoms with Crippen LogP contribution >= 0.6 is 0 Å². The molecule has 7 aromatic carbocycles. The van der Waals surface area contributed by atoms with E-state index in [0.717, 1.165) is 94.1 Å².